The number of benzene rings is 1. The zero-order chi connectivity index (χ0) is 19.5. The van der Waals surface area contributed by atoms with Gasteiger partial charge in [0, 0.05) is 37.8 Å². The minimum atomic E-state index is -4.44. The van der Waals surface area contributed by atoms with Crippen molar-refractivity contribution in [2.24, 2.45) is 0 Å². The molecule has 144 valence electrons. The van der Waals surface area contributed by atoms with E-state index in [9.17, 15) is 21.6 Å². The Morgan fingerprint density at radius 1 is 1.00 bits per heavy atom. The summed E-state index contributed by atoms with van der Waals surface area (Å²) in [5, 5.41) is 1.15. The van der Waals surface area contributed by atoms with Crippen LogP contribution in [0.5, 0.6) is 0 Å². The molecular weight excluding hydrogens is 379 g/mol. The van der Waals surface area contributed by atoms with Crippen LogP contribution in [0.1, 0.15) is 11.1 Å². The number of sulfonamides is 1. The molecule has 0 bridgehead atoms. The lowest BCUT2D eigenvalue weighted by Gasteiger charge is -2.34. The van der Waals surface area contributed by atoms with E-state index in [1.807, 2.05) is 18.2 Å². The van der Waals surface area contributed by atoms with Crippen molar-refractivity contribution in [3.05, 3.63) is 65.2 Å². The summed E-state index contributed by atoms with van der Waals surface area (Å²) < 4.78 is 64.7. The number of hydrogen-bond donors (Lipinski definition) is 0. The van der Waals surface area contributed by atoms with Gasteiger partial charge in [0.15, 0.2) is 0 Å². The van der Waals surface area contributed by atoms with E-state index in [-0.39, 0.29) is 32.0 Å². The molecule has 5 nitrogen and oxygen atoms in total. The molecule has 0 saturated carbocycles. The highest BCUT2D eigenvalue weighted by Gasteiger charge is 2.32. The van der Waals surface area contributed by atoms with Gasteiger partial charge in [-0.2, -0.15) is 17.5 Å². The summed E-state index contributed by atoms with van der Waals surface area (Å²) in [6, 6.07) is 11.0. The van der Waals surface area contributed by atoms with E-state index in [1.165, 1.54) is 10.4 Å². The quantitative estimate of drug-likeness (QED) is 0.795. The number of halogens is 3. The van der Waals surface area contributed by atoms with Crippen molar-refractivity contribution < 1.29 is 21.6 Å². The third-order valence-electron chi connectivity index (χ3n) is 4.23. The topological polar surface area (TPSA) is 53.5 Å². The highest BCUT2D eigenvalue weighted by molar-refractivity contribution is 7.92. The SMILES string of the molecule is O=S(=O)(/C=C/c1ccccc1)N1CCN(c2cc(C(F)(F)F)ccn2)CC1. The van der Waals surface area contributed by atoms with E-state index in [1.54, 1.807) is 17.0 Å². The second-order valence-corrected chi connectivity index (χ2v) is 7.86. The van der Waals surface area contributed by atoms with E-state index in [2.05, 4.69) is 4.98 Å². The minimum absolute atomic E-state index is 0.180. The molecule has 27 heavy (non-hydrogen) atoms. The number of pyridine rings is 1. The zero-order valence-electron chi connectivity index (χ0n) is 14.3. The van der Waals surface area contributed by atoms with Gasteiger partial charge in [-0.25, -0.2) is 13.4 Å². The average molecular weight is 397 g/mol. The van der Waals surface area contributed by atoms with Crippen molar-refractivity contribution in [2.45, 2.75) is 6.18 Å². The summed E-state index contributed by atoms with van der Waals surface area (Å²) in [4.78, 5) is 5.64. The summed E-state index contributed by atoms with van der Waals surface area (Å²) in [6.45, 7) is 0.901. The summed E-state index contributed by atoms with van der Waals surface area (Å²) in [7, 11) is -3.59. The maximum Gasteiger partial charge on any atom is 0.416 e. The van der Waals surface area contributed by atoms with Crippen LogP contribution in [0.3, 0.4) is 0 Å². The Morgan fingerprint density at radius 2 is 1.67 bits per heavy atom. The molecule has 0 aliphatic carbocycles. The van der Waals surface area contributed by atoms with Gasteiger partial charge in [-0.3, -0.25) is 0 Å². The Hall–Kier alpha value is -2.39. The van der Waals surface area contributed by atoms with Crippen molar-refractivity contribution in [3.63, 3.8) is 0 Å². The molecule has 0 N–H and O–H groups in total. The average Bonchev–Trinajstić information content (AvgIpc) is 2.67. The number of piperazine rings is 1. The Morgan fingerprint density at radius 3 is 2.30 bits per heavy atom. The molecule has 0 spiro atoms. The number of anilines is 1. The predicted molar refractivity (Wildman–Crippen MR) is 97.4 cm³/mol. The largest absolute Gasteiger partial charge is 0.416 e. The molecule has 1 aromatic heterocycles. The monoisotopic (exact) mass is 397 g/mol. The molecular formula is C18H18F3N3O2S. The number of aromatic nitrogens is 1. The first kappa shape index (κ1) is 19.4. The Bertz CT molecular complexity index is 907. The second kappa shape index (κ2) is 7.69. The normalized spacial score (nSPS) is 16.8. The predicted octanol–water partition coefficient (Wildman–Crippen LogP) is 3.22. The molecule has 1 aliphatic heterocycles. The van der Waals surface area contributed by atoms with Crippen LogP contribution in [0.4, 0.5) is 19.0 Å². The van der Waals surface area contributed by atoms with Crippen molar-refractivity contribution >= 4 is 21.9 Å². The second-order valence-electron chi connectivity index (χ2n) is 6.04. The molecule has 1 aliphatic rings. The van der Waals surface area contributed by atoms with Gasteiger partial charge in [-0.1, -0.05) is 30.3 Å². The van der Waals surface area contributed by atoms with Crippen LogP contribution < -0.4 is 4.90 Å². The first-order valence-corrected chi connectivity index (χ1v) is 9.77. The number of nitrogens with zero attached hydrogens (tertiary/aromatic N) is 3. The molecule has 2 heterocycles. The molecule has 3 rings (SSSR count). The molecule has 0 unspecified atom stereocenters. The van der Waals surface area contributed by atoms with Crippen molar-refractivity contribution in [3.8, 4) is 0 Å². The minimum Gasteiger partial charge on any atom is -0.354 e. The van der Waals surface area contributed by atoms with E-state index in [0.717, 1.165) is 29.3 Å². The summed E-state index contributed by atoms with van der Waals surface area (Å²) in [5.41, 5.74) is 0.00113. The van der Waals surface area contributed by atoms with Gasteiger partial charge >= 0.3 is 6.18 Å². The molecule has 2 aromatic rings. The van der Waals surface area contributed by atoms with E-state index < -0.39 is 21.8 Å². The van der Waals surface area contributed by atoms with Gasteiger partial charge in [0.2, 0.25) is 10.0 Å². The number of rotatable bonds is 4. The third kappa shape index (κ3) is 4.86. The molecule has 9 heteroatoms. The van der Waals surface area contributed by atoms with Gasteiger partial charge in [0.1, 0.15) is 5.82 Å². The van der Waals surface area contributed by atoms with Gasteiger partial charge < -0.3 is 4.90 Å². The molecule has 1 aromatic carbocycles. The van der Waals surface area contributed by atoms with Crippen LogP contribution >= 0.6 is 0 Å². The van der Waals surface area contributed by atoms with Gasteiger partial charge in [0.05, 0.1) is 5.56 Å². The maximum absolute atomic E-state index is 12.8. The summed E-state index contributed by atoms with van der Waals surface area (Å²) in [6.07, 6.45) is -1.80. The van der Waals surface area contributed by atoms with Crippen molar-refractivity contribution in [1.82, 2.24) is 9.29 Å². The van der Waals surface area contributed by atoms with Gasteiger partial charge in [0.25, 0.3) is 0 Å². The molecule has 0 radical (unpaired) electrons. The van der Waals surface area contributed by atoms with E-state index in [4.69, 9.17) is 0 Å². The molecule has 1 fully saturated rings. The highest BCUT2D eigenvalue weighted by atomic mass is 32.2. The lowest BCUT2D eigenvalue weighted by molar-refractivity contribution is -0.137. The van der Waals surface area contributed by atoms with Crippen LogP contribution in [0, 0.1) is 0 Å². The van der Waals surface area contributed by atoms with Crippen LogP contribution in [0.15, 0.2) is 54.1 Å². The van der Waals surface area contributed by atoms with Crippen LogP contribution in [0.25, 0.3) is 6.08 Å². The zero-order valence-corrected chi connectivity index (χ0v) is 15.1. The van der Waals surface area contributed by atoms with Crippen molar-refractivity contribution in [1.29, 1.82) is 0 Å². The smallest absolute Gasteiger partial charge is 0.354 e. The summed E-state index contributed by atoms with van der Waals surface area (Å²) in [5.74, 6) is 0.196. The number of alkyl halides is 3. The van der Waals surface area contributed by atoms with E-state index in [0.29, 0.717) is 0 Å². The Kier molecular flexibility index (Phi) is 5.52. The lowest BCUT2D eigenvalue weighted by atomic mass is 10.2. The van der Waals surface area contributed by atoms with Crippen LogP contribution in [-0.2, 0) is 16.2 Å². The molecule has 0 atom stereocenters. The fraction of sp³-hybridized carbons (Fsp3) is 0.278. The Labute approximate surface area is 155 Å². The van der Waals surface area contributed by atoms with Crippen molar-refractivity contribution in [2.75, 3.05) is 31.1 Å². The maximum atomic E-state index is 12.8. The third-order valence-corrected chi connectivity index (χ3v) is 5.79. The first-order chi connectivity index (χ1) is 12.8. The van der Waals surface area contributed by atoms with E-state index >= 15 is 0 Å². The first-order valence-electron chi connectivity index (χ1n) is 8.27. The fourth-order valence-corrected chi connectivity index (χ4v) is 3.93. The van der Waals surface area contributed by atoms with Crippen LogP contribution in [0.2, 0.25) is 0 Å². The standard InChI is InChI=1S/C18H18F3N3O2S/c19-18(20,21)16-6-8-22-17(14-16)23-9-11-24(12-10-23)27(25,26)13-7-15-4-2-1-3-5-15/h1-8,13-14H,9-12H2/b13-7+. The molecule has 1 saturated heterocycles. The molecule has 0 amide bonds. The van der Waals surface area contributed by atoms with Crippen LogP contribution in [-0.4, -0.2) is 43.9 Å². The lowest BCUT2D eigenvalue weighted by Crippen LogP contribution is -2.48. The summed E-state index contributed by atoms with van der Waals surface area (Å²) >= 11 is 0. The van der Waals surface area contributed by atoms with Gasteiger partial charge in [-0.15, -0.1) is 0 Å². The van der Waals surface area contributed by atoms with Gasteiger partial charge in [-0.05, 0) is 23.8 Å². The highest BCUT2D eigenvalue weighted by Crippen LogP contribution is 2.31. The Balaban J connectivity index is 1.66. The number of hydrogen-bond acceptors (Lipinski definition) is 4. The fourth-order valence-electron chi connectivity index (χ4n) is 2.75.